The SMILES string of the molecule is CC(C)(C)OC(=O)N(CC(=O)Nc1cc(-c2ccccc2)cnc1C(=O)O)Cc1ccncn1. The molecule has 10 heteroatoms. The van der Waals surface area contributed by atoms with Crippen LogP contribution in [0, 0.1) is 0 Å². The average molecular weight is 463 g/mol. The molecule has 2 aromatic heterocycles. The van der Waals surface area contributed by atoms with Crippen LogP contribution >= 0.6 is 0 Å². The Morgan fingerprint density at radius 1 is 1.06 bits per heavy atom. The molecule has 2 heterocycles. The summed E-state index contributed by atoms with van der Waals surface area (Å²) in [6, 6.07) is 12.4. The average Bonchev–Trinajstić information content (AvgIpc) is 2.78. The van der Waals surface area contributed by atoms with Crippen LogP contribution in [-0.2, 0) is 16.1 Å². The zero-order valence-corrected chi connectivity index (χ0v) is 19.1. The second-order valence-electron chi connectivity index (χ2n) is 8.38. The standard InChI is InChI=1S/C24H25N5O5/c1-24(2,3)34-23(33)29(13-18-9-10-25-15-27-18)14-20(30)28-19-11-17(12-26-21(19)22(31)32)16-7-5-4-6-8-16/h4-12,15H,13-14H2,1-3H3,(H,28,30)(H,31,32). The first-order valence-electron chi connectivity index (χ1n) is 10.4. The summed E-state index contributed by atoms with van der Waals surface area (Å²) in [5.41, 5.74) is 0.875. The van der Waals surface area contributed by atoms with Crippen LogP contribution in [0.25, 0.3) is 11.1 Å². The van der Waals surface area contributed by atoms with Gasteiger partial charge in [0.25, 0.3) is 0 Å². The van der Waals surface area contributed by atoms with Gasteiger partial charge in [0, 0.05) is 18.0 Å². The lowest BCUT2D eigenvalue weighted by Crippen LogP contribution is -2.41. The third-order valence-electron chi connectivity index (χ3n) is 4.45. The van der Waals surface area contributed by atoms with Crippen molar-refractivity contribution in [1.29, 1.82) is 0 Å². The number of carbonyl (C=O) groups is 3. The minimum Gasteiger partial charge on any atom is -0.476 e. The lowest BCUT2D eigenvalue weighted by atomic mass is 10.1. The number of ether oxygens (including phenoxy) is 1. The van der Waals surface area contributed by atoms with Gasteiger partial charge in [0.15, 0.2) is 5.69 Å². The summed E-state index contributed by atoms with van der Waals surface area (Å²) >= 11 is 0. The van der Waals surface area contributed by atoms with E-state index in [0.717, 1.165) is 5.56 Å². The molecule has 0 aliphatic carbocycles. The van der Waals surface area contributed by atoms with E-state index >= 15 is 0 Å². The predicted octanol–water partition coefficient (Wildman–Crippen LogP) is 3.61. The van der Waals surface area contributed by atoms with Gasteiger partial charge in [-0.15, -0.1) is 0 Å². The number of benzene rings is 1. The monoisotopic (exact) mass is 463 g/mol. The van der Waals surface area contributed by atoms with Gasteiger partial charge < -0.3 is 15.2 Å². The highest BCUT2D eigenvalue weighted by atomic mass is 16.6. The van der Waals surface area contributed by atoms with Crippen LogP contribution in [0.15, 0.2) is 61.2 Å². The molecule has 0 atom stereocenters. The fourth-order valence-electron chi connectivity index (χ4n) is 3.00. The summed E-state index contributed by atoms with van der Waals surface area (Å²) in [6.07, 6.45) is 3.57. The molecule has 0 aliphatic rings. The summed E-state index contributed by atoms with van der Waals surface area (Å²) in [5, 5.41) is 12.1. The number of anilines is 1. The minimum atomic E-state index is -1.29. The van der Waals surface area contributed by atoms with Crippen molar-refractivity contribution in [1.82, 2.24) is 19.9 Å². The third kappa shape index (κ3) is 6.83. The molecular formula is C24H25N5O5. The largest absolute Gasteiger partial charge is 0.476 e. The van der Waals surface area contributed by atoms with E-state index in [1.54, 1.807) is 26.8 Å². The Hall–Kier alpha value is -4.34. The van der Waals surface area contributed by atoms with Crippen LogP contribution in [0.1, 0.15) is 37.0 Å². The molecule has 0 spiro atoms. The summed E-state index contributed by atoms with van der Waals surface area (Å²) in [7, 11) is 0. The van der Waals surface area contributed by atoms with Crippen molar-refractivity contribution < 1.29 is 24.2 Å². The van der Waals surface area contributed by atoms with E-state index in [9.17, 15) is 19.5 Å². The normalized spacial score (nSPS) is 10.9. The van der Waals surface area contributed by atoms with Crippen molar-refractivity contribution in [2.24, 2.45) is 0 Å². The van der Waals surface area contributed by atoms with Gasteiger partial charge in [0.1, 0.15) is 18.5 Å². The number of hydrogen-bond donors (Lipinski definition) is 2. The van der Waals surface area contributed by atoms with Gasteiger partial charge in [0.2, 0.25) is 5.91 Å². The van der Waals surface area contributed by atoms with E-state index < -0.39 is 30.1 Å². The molecule has 0 saturated carbocycles. The molecule has 3 rings (SSSR count). The number of amides is 2. The maximum absolute atomic E-state index is 12.9. The molecule has 1 aromatic carbocycles. The Labute approximate surface area is 196 Å². The van der Waals surface area contributed by atoms with Crippen molar-refractivity contribution in [2.45, 2.75) is 32.9 Å². The van der Waals surface area contributed by atoms with Gasteiger partial charge in [0.05, 0.1) is 17.9 Å². The molecular weight excluding hydrogens is 438 g/mol. The third-order valence-corrected chi connectivity index (χ3v) is 4.45. The first kappa shape index (κ1) is 24.3. The van der Waals surface area contributed by atoms with Gasteiger partial charge in [-0.25, -0.2) is 24.5 Å². The highest BCUT2D eigenvalue weighted by Gasteiger charge is 2.25. The van der Waals surface area contributed by atoms with Crippen molar-refractivity contribution in [3.05, 3.63) is 72.6 Å². The molecule has 0 radical (unpaired) electrons. The number of carbonyl (C=O) groups excluding carboxylic acids is 2. The number of aromatic carboxylic acids is 1. The zero-order valence-electron chi connectivity index (χ0n) is 19.1. The highest BCUT2D eigenvalue weighted by molar-refractivity contribution is 6.01. The first-order valence-corrected chi connectivity index (χ1v) is 10.4. The van der Waals surface area contributed by atoms with Crippen LogP contribution < -0.4 is 5.32 Å². The Kier molecular flexibility index (Phi) is 7.52. The molecule has 2 amide bonds. The number of nitrogens with one attached hydrogen (secondary N) is 1. The molecule has 0 aliphatic heterocycles. The lowest BCUT2D eigenvalue weighted by Gasteiger charge is -2.27. The second-order valence-corrected chi connectivity index (χ2v) is 8.38. The predicted molar refractivity (Wildman–Crippen MR) is 124 cm³/mol. The van der Waals surface area contributed by atoms with Crippen LogP contribution in [0.4, 0.5) is 10.5 Å². The number of hydrogen-bond acceptors (Lipinski definition) is 7. The number of pyridine rings is 1. The molecule has 176 valence electrons. The molecule has 34 heavy (non-hydrogen) atoms. The van der Waals surface area contributed by atoms with E-state index in [1.165, 1.54) is 29.7 Å². The quantitative estimate of drug-likeness (QED) is 0.543. The number of carboxylic acid groups (broad SMARTS) is 1. The van der Waals surface area contributed by atoms with E-state index in [-0.39, 0.29) is 17.9 Å². The van der Waals surface area contributed by atoms with E-state index in [0.29, 0.717) is 11.3 Å². The van der Waals surface area contributed by atoms with Crippen molar-refractivity contribution >= 4 is 23.7 Å². The van der Waals surface area contributed by atoms with Crippen molar-refractivity contribution in [3.8, 4) is 11.1 Å². The lowest BCUT2D eigenvalue weighted by molar-refractivity contribution is -0.117. The van der Waals surface area contributed by atoms with Gasteiger partial charge in [-0.2, -0.15) is 0 Å². The van der Waals surface area contributed by atoms with Crippen molar-refractivity contribution in [3.63, 3.8) is 0 Å². The van der Waals surface area contributed by atoms with Crippen molar-refractivity contribution in [2.75, 3.05) is 11.9 Å². The Balaban J connectivity index is 1.84. The number of carboxylic acids is 1. The molecule has 0 unspecified atom stereocenters. The maximum Gasteiger partial charge on any atom is 0.411 e. The zero-order chi connectivity index (χ0) is 24.7. The summed E-state index contributed by atoms with van der Waals surface area (Å²) in [4.78, 5) is 50.4. The van der Waals surface area contributed by atoms with Crippen LogP contribution in [0.2, 0.25) is 0 Å². The second kappa shape index (κ2) is 10.5. The Bertz CT molecular complexity index is 1160. The molecule has 3 aromatic rings. The van der Waals surface area contributed by atoms with Crippen LogP contribution in [-0.4, -0.2) is 55.1 Å². The van der Waals surface area contributed by atoms with E-state index in [2.05, 4.69) is 20.3 Å². The summed E-state index contributed by atoms with van der Waals surface area (Å²) in [5.74, 6) is -1.91. The fraction of sp³-hybridized carbons (Fsp3) is 0.250. The molecule has 0 bridgehead atoms. The molecule has 0 fully saturated rings. The first-order chi connectivity index (χ1) is 16.1. The highest BCUT2D eigenvalue weighted by Crippen LogP contribution is 2.24. The smallest absolute Gasteiger partial charge is 0.411 e. The number of rotatable bonds is 7. The maximum atomic E-state index is 12.9. The van der Waals surface area contributed by atoms with E-state index in [1.807, 2.05) is 30.3 Å². The summed E-state index contributed by atoms with van der Waals surface area (Å²) in [6.45, 7) is 4.75. The molecule has 2 N–H and O–H groups in total. The van der Waals surface area contributed by atoms with Gasteiger partial charge in [-0.05, 0) is 38.5 Å². The summed E-state index contributed by atoms with van der Waals surface area (Å²) < 4.78 is 5.42. The Morgan fingerprint density at radius 3 is 2.41 bits per heavy atom. The van der Waals surface area contributed by atoms with Gasteiger partial charge in [-0.3, -0.25) is 9.69 Å². The number of nitrogens with zero attached hydrogens (tertiary/aromatic N) is 4. The van der Waals surface area contributed by atoms with Crippen LogP contribution in [0.5, 0.6) is 0 Å². The molecule has 10 nitrogen and oxygen atoms in total. The van der Waals surface area contributed by atoms with Crippen LogP contribution in [0.3, 0.4) is 0 Å². The Morgan fingerprint density at radius 2 is 1.79 bits per heavy atom. The molecule has 0 saturated heterocycles. The topological polar surface area (TPSA) is 135 Å². The minimum absolute atomic E-state index is 0.00105. The van der Waals surface area contributed by atoms with Gasteiger partial charge in [-0.1, -0.05) is 30.3 Å². The van der Waals surface area contributed by atoms with Gasteiger partial charge >= 0.3 is 12.1 Å². The van der Waals surface area contributed by atoms with E-state index in [4.69, 9.17) is 4.74 Å². The number of aromatic nitrogens is 3. The fourth-order valence-corrected chi connectivity index (χ4v) is 3.00.